The first-order chi connectivity index (χ1) is 15.7. The number of rotatable bonds is 9. The molecule has 0 atom stereocenters. The second-order valence-electron chi connectivity index (χ2n) is 7.35. The van der Waals surface area contributed by atoms with Crippen molar-refractivity contribution in [3.05, 3.63) is 82.8 Å². The fourth-order valence-electron chi connectivity index (χ4n) is 3.27. The van der Waals surface area contributed by atoms with Gasteiger partial charge in [0.05, 0.1) is 29.9 Å². The molecule has 0 fully saturated rings. The largest absolute Gasteiger partial charge is 0.467 e. The second kappa shape index (κ2) is 10.7. The summed E-state index contributed by atoms with van der Waals surface area (Å²) >= 11 is 5.82. The van der Waals surface area contributed by atoms with Gasteiger partial charge in [0.2, 0.25) is 21.8 Å². The van der Waals surface area contributed by atoms with Crippen LogP contribution in [0, 0.1) is 13.8 Å². The van der Waals surface area contributed by atoms with Crippen molar-refractivity contribution in [1.29, 1.82) is 0 Å². The molecule has 1 heterocycles. The van der Waals surface area contributed by atoms with Gasteiger partial charge in [0.25, 0.3) is 0 Å². The summed E-state index contributed by atoms with van der Waals surface area (Å²) in [5.41, 5.74) is 2.12. The number of hydrogen-bond acceptors (Lipinski definition) is 5. The summed E-state index contributed by atoms with van der Waals surface area (Å²) in [4.78, 5) is 27.0. The summed E-state index contributed by atoms with van der Waals surface area (Å²) < 4.78 is 32.7. The first-order valence-electron chi connectivity index (χ1n) is 10.1. The lowest BCUT2D eigenvalue weighted by atomic mass is 10.1. The van der Waals surface area contributed by atoms with E-state index in [0.717, 1.165) is 11.1 Å². The molecule has 3 aromatic rings. The molecule has 2 N–H and O–H groups in total. The van der Waals surface area contributed by atoms with E-state index in [1.165, 1.54) is 35.4 Å². The predicted molar refractivity (Wildman–Crippen MR) is 125 cm³/mol. The summed E-state index contributed by atoms with van der Waals surface area (Å²) in [6.45, 7) is 3.00. The highest BCUT2D eigenvalue weighted by atomic mass is 35.5. The van der Waals surface area contributed by atoms with Gasteiger partial charge in [-0.15, -0.1) is 0 Å². The van der Waals surface area contributed by atoms with Crippen molar-refractivity contribution in [1.82, 2.24) is 10.0 Å². The standard InChI is InChI=1S/C23H24ClN3O5S/c1-16-5-3-6-17(2)23(16)27(15-21(28)25-13-19-7-4-12-32-19)22(29)14-26-33(30,31)20-10-8-18(24)9-11-20/h3-12,26H,13-15H2,1-2H3,(H,25,28). The lowest BCUT2D eigenvalue weighted by Gasteiger charge is -2.26. The second-order valence-corrected chi connectivity index (χ2v) is 9.56. The SMILES string of the molecule is Cc1cccc(C)c1N(CC(=O)NCc1ccco1)C(=O)CNS(=O)(=O)c1ccc(Cl)cc1. The topological polar surface area (TPSA) is 109 Å². The molecule has 1 aromatic heterocycles. The van der Waals surface area contributed by atoms with E-state index in [9.17, 15) is 18.0 Å². The van der Waals surface area contributed by atoms with Gasteiger partial charge in [-0.25, -0.2) is 13.1 Å². The maximum Gasteiger partial charge on any atom is 0.242 e. The van der Waals surface area contributed by atoms with Gasteiger partial charge in [0.1, 0.15) is 12.3 Å². The molecule has 0 unspecified atom stereocenters. The number of halogens is 1. The molecule has 8 nitrogen and oxygen atoms in total. The zero-order valence-electron chi connectivity index (χ0n) is 18.2. The van der Waals surface area contributed by atoms with E-state index < -0.39 is 28.4 Å². The van der Waals surface area contributed by atoms with E-state index in [-0.39, 0.29) is 18.0 Å². The number of furan rings is 1. The minimum absolute atomic E-state index is 0.0190. The van der Waals surface area contributed by atoms with Crippen molar-refractivity contribution < 1.29 is 22.4 Å². The molecular weight excluding hydrogens is 466 g/mol. The lowest BCUT2D eigenvalue weighted by molar-refractivity contribution is -0.123. The van der Waals surface area contributed by atoms with Gasteiger partial charge in [-0.2, -0.15) is 0 Å². The highest BCUT2D eigenvalue weighted by molar-refractivity contribution is 7.89. The Hall–Kier alpha value is -3.14. The van der Waals surface area contributed by atoms with Crippen LogP contribution in [0.1, 0.15) is 16.9 Å². The summed E-state index contributed by atoms with van der Waals surface area (Å²) in [6.07, 6.45) is 1.50. The number of sulfonamides is 1. The Morgan fingerprint density at radius 3 is 2.27 bits per heavy atom. The van der Waals surface area contributed by atoms with Gasteiger partial charge in [0.15, 0.2) is 0 Å². The zero-order chi connectivity index (χ0) is 24.0. The quantitative estimate of drug-likeness (QED) is 0.480. The average Bonchev–Trinajstić information content (AvgIpc) is 3.29. The van der Waals surface area contributed by atoms with Gasteiger partial charge >= 0.3 is 0 Å². The third-order valence-corrected chi connectivity index (χ3v) is 6.56. The molecule has 10 heteroatoms. The van der Waals surface area contributed by atoms with Crippen molar-refractivity contribution >= 4 is 39.1 Å². The number of aryl methyl sites for hydroxylation is 2. The van der Waals surface area contributed by atoms with Crippen LogP contribution < -0.4 is 14.9 Å². The van der Waals surface area contributed by atoms with Crippen LogP contribution in [0.2, 0.25) is 5.02 Å². The van der Waals surface area contributed by atoms with E-state index in [1.807, 2.05) is 32.0 Å². The smallest absolute Gasteiger partial charge is 0.242 e. The molecule has 33 heavy (non-hydrogen) atoms. The van der Waals surface area contributed by atoms with Gasteiger partial charge in [0, 0.05) is 5.02 Å². The van der Waals surface area contributed by atoms with Crippen LogP contribution in [0.25, 0.3) is 0 Å². The predicted octanol–water partition coefficient (Wildman–Crippen LogP) is 3.18. The highest BCUT2D eigenvalue weighted by Gasteiger charge is 2.24. The number of nitrogens with one attached hydrogen (secondary N) is 2. The number of hydrogen-bond donors (Lipinski definition) is 2. The molecule has 0 saturated heterocycles. The monoisotopic (exact) mass is 489 g/mol. The molecule has 3 rings (SSSR count). The van der Waals surface area contributed by atoms with Crippen molar-refractivity contribution in [2.45, 2.75) is 25.3 Å². The van der Waals surface area contributed by atoms with Crippen LogP contribution in [0.4, 0.5) is 5.69 Å². The number of amides is 2. The van der Waals surface area contributed by atoms with E-state index in [4.69, 9.17) is 16.0 Å². The van der Waals surface area contributed by atoms with Crippen LogP contribution in [-0.2, 0) is 26.2 Å². The fourth-order valence-corrected chi connectivity index (χ4v) is 4.37. The van der Waals surface area contributed by atoms with E-state index in [2.05, 4.69) is 10.0 Å². The first-order valence-corrected chi connectivity index (χ1v) is 11.9. The summed E-state index contributed by atoms with van der Waals surface area (Å²) in [5.74, 6) is -0.412. The Morgan fingerprint density at radius 2 is 1.67 bits per heavy atom. The minimum atomic E-state index is -3.95. The molecule has 174 valence electrons. The maximum absolute atomic E-state index is 13.1. The molecule has 0 aliphatic rings. The van der Waals surface area contributed by atoms with Crippen LogP contribution in [0.5, 0.6) is 0 Å². The maximum atomic E-state index is 13.1. The van der Waals surface area contributed by atoms with Crippen LogP contribution >= 0.6 is 11.6 Å². The number of para-hydroxylation sites is 1. The molecular formula is C23H24ClN3O5S. The third kappa shape index (κ3) is 6.44. The van der Waals surface area contributed by atoms with E-state index in [1.54, 1.807) is 12.1 Å². The summed E-state index contributed by atoms with van der Waals surface area (Å²) in [6, 6.07) is 14.5. The molecule has 0 aliphatic carbocycles. The zero-order valence-corrected chi connectivity index (χ0v) is 19.7. The van der Waals surface area contributed by atoms with Gasteiger partial charge in [-0.3, -0.25) is 9.59 Å². The van der Waals surface area contributed by atoms with Crippen LogP contribution in [-0.4, -0.2) is 33.3 Å². The molecule has 0 saturated carbocycles. The Balaban J connectivity index is 1.77. The Kier molecular flexibility index (Phi) is 7.91. The van der Waals surface area contributed by atoms with Crippen molar-refractivity contribution in [2.24, 2.45) is 0 Å². The summed E-state index contributed by atoms with van der Waals surface area (Å²) in [7, 11) is -3.95. The van der Waals surface area contributed by atoms with Gasteiger partial charge < -0.3 is 14.6 Å². The number of carbonyl (C=O) groups is 2. The van der Waals surface area contributed by atoms with Gasteiger partial charge in [-0.1, -0.05) is 29.8 Å². The molecule has 0 radical (unpaired) electrons. The normalized spacial score (nSPS) is 11.2. The van der Waals surface area contributed by atoms with Crippen LogP contribution in [0.15, 0.2) is 70.2 Å². The number of anilines is 1. The van der Waals surface area contributed by atoms with E-state index >= 15 is 0 Å². The highest BCUT2D eigenvalue weighted by Crippen LogP contribution is 2.25. The van der Waals surface area contributed by atoms with Crippen molar-refractivity contribution in [2.75, 3.05) is 18.0 Å². The molecule has 0 bridgehead atoms. The Bertz CT molecular complexity index is 1210. The molecule has 2 amide bonds. The number of nitrogens with zero attached hydrogens (tertiary/aromatic N) is 1. The average molecular weight is 490 g/mol. The van der Waals surface area contributed by atoms with Crippen molar-refractivity contribution in [3.63, 3.8) is 0 Å². The minimum Gasteiger partial charge on any atom is -0.467 e. The van der Waals surface area contributed by atoms with Crippen molar-refractivity contribution in [3.8, 4) is 0 Å². The lowest BCUT2D eigenvalue weighted by Crippen LogP contribution is -2.45. The first kappa shape index (κ1) is 24.5. The summed E-state index contributed by atoms with van der Waals surface area (Å²) in [5, 5.41) is 3.10. The van der Waals surface area contributed by atoms with Gasteiger partial charge in [-0.05, 0) is 61.4 Å². The van der Waals surface area contributed by atoms with Crippen LogP contribution in [0.3, 0.4) is 0 Å². The Labute approximate surface area is 197 Å². The third-order valence-electron chi connectivity index (χ3n) is 4.89. The number of benzene rings is 2. The van der Waals surface area contributed by atoms with E-state index in [0.29, 0.717) is 16.5 Å². The fraction of sp³-hybridized carbons (Fsp3) is 0.217. The number of carbonyl (C=O) groups excluding carboxylic acids is 2. The Morgan fingerprint density at radius 1 is 1.00 bits per heavy atom. The molecule has 0 spiro atoms. The molecule has 2 aromatic carbocycles. The molecule has 0 aliphatic heterocycles.